The number of ether oxygens (including phenoxy) is 2. The molecule has 0 saturated carbocycles. The van der Waals surface area contributed by atoms with E-state index in [0.717, 1.165) is 0 Å². The maximum absolute atomic E-state index is 12.1. The first-order valence-electron chi connectivity index (χ1n) is 7.52. The molecule has 1 amide bonds. The zero-order chi connectivity index (χ0) is 15.7. The number of hydrogen-bond donors (Lipinski definition) is 2. The molecule has 0 aromatic heterocycles. The first-order chi connectivity index (χ1) is 10.6. The monoisotopic (exact) mass is 303 g/mol. The van der Waals surface area contributed by atoms with E-state index in [2.05, 4.69) is 11.9 Å². The molecule has 5 heteroatoms. The summed E-state index contributed by atoms with van der Waals surface area (Å²) in [6.45, 7) is 6.39. The number of aliphatic hydroxyl groups is 1. The minimum absolute atomic E-state index is 0.0256. The zero-order valence-electron chi connectivity index (χ0n) is 12.6. The minimum Gasteiger partial charge on any atom is -0.387 e. The van der Waals surface area contributed by atoms with Gasteiger partial charge >= 0.3 is 0 Å². The Bertz CT molecular complexity index is 561. The molecule has 2 saturated heterocycles. The Morgan fingerprint density at radius 3 is 2.95 bits per heavy atom. The molecule has 2 bridgehead atoms. The number of hydrogen-bond acceptors (Lipinski definition) is 4. The molecule has 2 aliphatic heterocycles. The highest BCUT2D eigenvalue weighted by atomic mass is 16.6. The summed E-state index contributed by atoms with van der Waals surface area (Å²) in [4.78, 5) is 12.1. The van der Waals surface area contributed by atoms with Crippen molar-refractivity contribution in [1.29, 1.82) is 0 Å². The van der Waals surface area contributed by atoms with Crippen LogP contribution < -0.4 is 5.32 Å². The summed E-state index contributed by atoms with van der Waals surface area (Å²) in [6, 6.07) is 9.00. The van der Waals surface area contributed by atoms with E-state index < -0.39 is 17.8 Å². The van der Waals surface area contributed by atoms with Gasteiger partial charge in [-0.15, -0.1) is 6.58 Å². The molecule has 1 aromatic carbocycles. The molecule has 1 aromatic rings. The van der Waals surface area contributed by atoms with E-state index in [1.807, 2.05) is 25.1 Å². The second-order valence-electron chi connectivity index (χ2n) is 5.93. The van der Waals surface area contributed by atoms with Gasteiger partial charge in [0, 0.05) is 18.0 Å². The van der Waals surface area contributed by atoms with E-state index in [9.17, 15) is 9.90 Å². The van der Waals surface area contributed by atoms with Crippen LogP contribution in [0.5, 0.6) is 0 Å². The third kappa shape index (κ3) is 2.35. The number of carbonyl (C=O) groups is 1. The second-order valence-corrected chi connectivity index (χ2v) is 5.93. The lowest BCUT2D eigenvalue weighted by molar-refractivity contribution is -0.156. The number of benzene rings is 1. The molecule has 1 unspecified atom stereocenters. The third-order valence-corrected chi connectivity index (χ3v) is 4.67. The minimum atomic E-state index is -0.742. The molecule has 0 radical (unpaired) electrons. The Kier molecular flexibility index (Phi) is 4.04. The van der Waals surface area contributed by atoms with Crippen molar-refractivity contribution in [3.05, 3.63) is 48.6 Å². The van der Waals surface area contributed by atoms with Crippen LogP contribution >= 0.6 is 0 Å². The lowest BCUT2D eigenvalue weighted by Gasteiger charge is -2.34. The fraction of sp³-hybridized carbons (Fsp3) is 0.471. The summed E-state index contributed by atoms with van der Waals surface area (Å²) < 4.78 is 11.7. The number of rotatable bonds is 5. The smallest absolute Gasteiger partial charge is 0.251 e. The van der Waals surface area contributed by atoms with E-state index in [1.54, 1.807) is 18.2 Å². The normalized spacial score (nSPS) is 34.4. The number of carbonyl (C=O) groups excluding carboxylic acids is 1. The molecule has 2 heterocycles. The average molecular weight is 303 g/mol. The standard InChI is InChI=1S/C17H21NO4/c1-3-11(2)17-10-21-14(15(17)19)13(22-17)9-18-16(20)12-7-5-4-6-8-12/h3-8,11,13-15,19H,1,9-10H2,2H3,(H,18,20)/t11-,13?,14-,15-,17+/m0/s1. The molecule has 5 atom stereocenters. The van der Waals surface area contributed by atoms with Crippen molar-refractivity contribution < 1.29 is 19.4 Å². The molecular formula is C17H21NO4. The number of amides is 1. The Morgan fingerprint density at radius 1 is 1.55 bits per heavy atom. The van der Waals surface area contributed by atoms with Gasteiger partial charge in [-0.3, -0.25) is 4.79 Å². The quantitative estimate of drug-likeness (QED) is 0.800. The molecule has 5 nitrogen and oxygen atoms in total. The van der Waals surface area contributed by atoms with Gasteiger partial charge in [-0.05, 0) is 12.1 Å². The van der Waals surface area contributed by atoms with Crippen molar-refractivity contribution >= 4 is 5.91 Å². The van der Waals surface area contributed by atoms with Crippen molar-refractivity contribution in [3.8, 4) is 0 Å². The molecule has 2 aliphatic rings. The van der Waals surface area contributed by atoms with Gasteiger partial charge in [0.15, 0.2) is 0 Å². The second kappa shape index (κ2) is 5.83. The lowest BCUT2D eigenvalue weighted by atomic mass is 9.86. The van der Waals surface area contributed by atoms with Gasteiger partial charge in [-0.1, -0.05) is 31.2 Å². The SMILES string of the molecule is C=C[C@H](C)[C@@]12CO[C@@H](C(CNC(=O)c3ccccc3)O1)[C@@H]2O. The van der Waals surface area contributed by atoms with E-state index in [0.29, 0.717) is 18.7 Å². The van der Waals surface area contributed by atoms with Gasteiger partial charge in [0.2, 0.25) is 0 Å². The van der Waals surface area contributed by atoms with Crippen LogP contribution in [-0.2, 0) is 9.47 Å². The van der Waals surface area contributed by atoms with Crippen molar-refractivity contribution in [3.63, 3.8) is 0 Å². The Balaban J connectivity index is 1.63. The van der Waals surface area contributed by atoms with Crippen LogP contribution in [0.1, 0.15) is 17.3 Å². The van der Waals surface area contributed by atoms with Crippen molar-refractivity contribution in [2.75, 3.05) is 13.2 Å². The van der Waals surface area contributed by atoms with Crippen molar-refractivity contribution in [2.24, 2.45) is 5.92 Å². The molecular weight excluding hydrogens is 282 g/mol. The Labute approximate surface area is 129 Å². The van der Waals surface area contributed by atoms with Crippen LogP contribution in [0.2, 0.25) is 0 Å². The Morgan fingerprint density at radius 2 is 2.27 bits per heavy atom. The molecule has 22 heavy (non-hydrogen) atoms. The lowest BCUT2D eigenvalue weighted by Crippen LogP contribution is -2.47. The van der Waals surface area contributed by atoms with Crippen LogP contribution in [0.4, 0.5) is 0 Å². The van der Waals surface area contributed by atoms with E-state index in [1.165, 1.54) is 0 Å². The summed E-state index contributed by atoms with van der Waals surface area (Å²) in [7, 11) is 0. The number of nitrogens with one attached hydrogen (secondary N) is 1. The van der Waals surface area contributed by atoms with Crippen molar-refractivity contribution in [2.45, 2.75) is 30.8 Å². The number of aliphatic hydroxyl groups excluding tert-OH is 1. The fourth-order valence-electron chi connectivity index (χ4n) is 3.19. The molecule has 3 rings (SSSR count). The average Bonchev–Trinajstić information content (AvgIpc) is 3.03. The van der Waals surface area contributed by atoms with Crippen LogP contribution in [0, 0.1) is 5.92 Å². The molecule has 2 N–H and O–H groups in total. The summed E-state index contributed by atoms with van der Waals surface area (Å²) >= 11 is 0. The van der Waals surface area contributed by atoms with E-state index in [4.69, 9.17) is 9.47 Å². The van der Waals surface area contributed by atoms with Crippen LogP contribution in [-0.4, -0.2) is 48.1 Å². The van der Waals surface area contributed by atoms with Gasteiger partial charge in [0.05, 0.1) is 6.61 Å². The molecule has 0 spiro atoms. The van der Waals surface area contributed by atoms with Crippen molar-refractivity contribution in [1.82, 2.24) is 5.32 Å². The number of fused-ring (bicyclic) bond motifs is 2. The van der Waals surface area contributed by atoms with Crippen LogP contribution in [0.25, 0.3) is 0 Å². The topological polar surface area (TPSA) is 67.8 Å². The van der Waals surface area contributed by atoms with Gasteiger partial charge in [0.1, 0.15) is 23.9 Å². The van der Waals surface area contributed by atoms with Gasteiger partial charge in [-0.25, -0.2) is 0 Å². The van der Waals surface area contributed by atoms with Gasteiger partial charge < -0.3 is 19.9 Å². The molecule has 0 aliphatic carbocycles. The summed E-state index contributed by atoms with van der Waals surface area (Å²) in [5.74, 6) is -0.186. The van der Waals surface area contributed by atoms with Gasteiger partial charge in [0.25, 0.3) is 5.91 Å². The highest BCUT2D eigenvalue weighted by Gasteiger charge is 2.62. The highest BCUT2D eigenvalue weighted by molar-refractivity contribution is 5.94. The summed E-state index contributed by atoms with van der Waals surface area (Å²) in [6.07, 6.45) is 0.316. The van der Waals surface area contributed by atoms with E-state index >= 15 is 0 Å². The largest absolute Gasteiger partial charge is 0.387 e. The van der Waals surface area contributed by atoms with Gasteiger partial charge in [-0.2, -0.15) is 0 Å². The summed E-state index contributed by atoms with van der Waals surface area (Å²) in [5.41, 5.74) is -0.143. The van der Waals surface area contributed by atoms with Crippen LogP contribution in [0.3, 0.4) is 0 Å². The first kappa shape index (κ1) is 15.2. The fourth-order valence-corrected chi connectivity index (χ4v) is 3.19. The Hall–Kier alpha value is -1.69. The first-order valence-corrected chi connectivity index (χ1v) is 7.52. The maximum atomic E-state index is 12.1. The molecule has 2 fully saturated rings. The molecule has 118 valence electrons. The summed E-state index contributed by atoms with van der Waals surface area (Å²) in [5, 5.41) is 13.3. The van der Waals surface area contributed by atoms with Crippen LogP contribution in [0.15, 0.2) is 43.0 Å². The predicted molar refractivity (Wildman–Crippen MR) is 81.5 cm³/mol. The third-order valence-electron chi connectivity index (χ3n) is 4.67. The maximum Gasteiger partial charge on any atom is 0.251 e. The predicted octanol–water partition coefficient (Wildman–Crippen LogP) is 1.14. The highest BCUT2D eigenvalue weighted by Crippen LogP contribution is 2.44. The zero-order valence-corrected chi connectivity index (χ0v) is 12.6. The van der Waals surface area contributed by atoms with E-state index in [-0.39, 0.29) is 17.9 Å².